The number of benzene rings is 4. The van der Waals surface area contributed by atoms with Crippen LogP contribution in [-0.4, -0.2) is 17.2 Å². The van der Waals surface area contributed by atoms with Crippen LogP contribution in [0.3, 0.4) is 0 Å². The average Bonchev–Trinajstić information content (AvgIpc) is 2.92. The molecule has 224 valence electrons. The molecular weight excluding hydrogens is 625 g/mol. The highest BCUT2D eigenvalue weighted by Crippen LogP contribution is 2.33. The first kappa shape index (κ1) is 35.0. The van der Waals surface area contributed by atoms with Crippen molar-refractivity contribution in [2.75, 3.05) is 0 Å². The van der Waals surface area contributed by atoms with E-state index >= 15 is 0 Å². The SMILES string of the molecule is Cc1cc(-c2cccc(CN)c2)cc(C(F)(F)F)c1.Cc1cc(B(O)O)cc(C(F)(F)F)c1.NCc1cccc(Br)c1. The second kappa shape index (κ2) is 15.4. The van der Waals surface area contributed by atoms with Crippen LogP contribution >= 0.6 is 15.9 Å². The first-order valence-electron chi connectivity index (χ1n) is 12.5. The van der Waals surface area contributed by atoms with E-state index in [-0.39, 0.29) is 5.46 Å². The van der Waals surface area contributed by atoms with Crippen LogP contribution in [0.5, 0.6) is 0 Å². The molecule has 0 atom stereocenters. The minimum atomic E-state index is -4.46. The third-order valence-electron chi connectivity index (χ3n) is 5.75. The third kappa shape index (κ3) is 11.3. The van der Waals surface area contributed by atoms with Gasteiger partial charge in [-0.15, -0.1) is 0 Å². The normalized spacial score (nSPS) is 11.2. The molecule has 4 rings (SSSR count). The molecule has 4 nitrogen and oxygen atoms in total. The van der Waals surface area contributed by atoms with Crippen LogP contribution in [0.25, 0.3) is 11.1 Å². The smallest absolute Gasteiger partial charge is 0.423 e. The highest BCUT2D eigenvalue weighted by molar-refractivity contribution is 9.10. The number of alkyl halides is 6. The van der Waals surface area contributed by atoms with E-state index < -0.39 is 30.6 Å². The van der Waals surface area contributed by atoms with E-state index in [4.69, 9.17) is 21.5 Å². The van der Waals surface area contributed by atoms with Gasteiger partial charge in [-0.2, -0.15) is 26.3 Å². The summed E-state index contributed by atoms with van der Waals surface area (Å²) < 4.78 is 76.2. The van der Waals surface area contributed by atoms with Gasteiger partial charge in [-0.25, -0.2) is 0 Å². The van der Waals surface area contributed by atoms with Crippen molar-refractivity contribution < 1.29 is 36.4 Å². The van der Waals surface area contributed by atoms with Crippen LogP contribution in [-0.2, 0) is 25.4 Å². The fraction of sp³-hybridized carbons (Fsp3) is 0.200. The lowest BCUT2D eigenvalue weighted by atomic mass is 9.78. The van der Waals surface area contributed by atoms with Gasteiger partial charge in [0, 0.05) is 17.6 Å². The van der Waals surface area contributed by atoms with Gasteiger partial charge in [0.05, 0.1) is 11.1 Å². The highest BCUT2D eigenvalue weighted by atomic mass is 79.9. The fourth-order valence-corrected chi connectivity index (χ4v) is 4.23. The predicted molar refractivity (Wildman–Crippen MR) is 158 cm³/mol. The first-order valence-corrected chi connectivity index (χ1v) is 13.3. The van der Waals surface area contributed by atoms with E-state index in [2.05, 4.69) is 15.9 Å². The van der Waals surface area contributed by atoms with Crippen molar-refractivity contribution in [3.05, 3.63) is 123 Å². The number of aryl methyl sites for hydroxylation is 2. The molecule has 6 N–H and O–H groups in total. The Labute approximate surface area is 249 Å². The Morgan fingerprint density at radius 1 is 0.643 bits per heavy atom. The lowest BCUT2D eigenvalue weighted by molar-refractivity contribution is -0.138. The molecule has 0 unspecified atom stereocenters. The summed E-state index contributed by atoms with van der Waals surface area (Å²) in [6.45, 7) is 4.10. The maximum absolute atomic E-state index is 12.8. The maximum Gasteiger partial charge on any atom is 0.488 e. The van der Waals surface area contributed by atoms with E-state index in [0.29, 0.717) is 29.8 Å². The molecule has 0 fully saturated rings. The van der Waals surface area contributed by atoms with Crippen molar-refractivity contribution in [2.45, 2.75) is 39.3 Å². The summed E-state index contributed by atoms with van der Waals surface area (Å²) in [5, 5.41) is 17.5. The van der Waals surface area contributed by atoms with E-state index in [0.717, 1.165) is 39.4 Å². The zero-order chi connectivity index (χ0) is 31.7. The summed E-state index contributed by atoms with van der Waals surface area (Å²) in [6.07, 6.45) is -8.79. The summed E-state index contributed by atoms with van der Waals surface area (Å²) in [6, 6.07) is 22.3. The Hall–Kier alpha value is -3.16. The number of hydrogen-bond acceptors (Lipinski definition) is 4. The second-order valence-corrected chi connectivity index (χ2v) is 10.2. The van der Waals surface area contributed by atoms with Crippen molar-refractivity contribution >= 4 is 28.5 Å². The molecule has 0 spiro atoms. The molecule has 0 bridgehead atoms. The first-order chi connectivity index (χ1) is 19.5. The fourth-order valence-electron chi connectivity index (χ4n) is 3.78. The summed E-state index contributed by atoms with van der Waals surface area (Å²) in [5.74, 6) is 0. The van der Waals surface area contributed by atoms with Gasteiger partial charge in [0.1, 0.15) is 0 Å². The van der Waals surface area contributed by atoms with Gasteiger partial charge < -0.3 is 21.5 Å². The largest absolute Gasteiger partial charge is 0.488 e. The zero-order valence-corrected chi connectivity index (χ0v) is 24.4. The summed E-state index contributed by atoms with van der Waals surface area (Å²) in [7, 11) is -1.88. The Morgan fingerprint density at radius 2 is 1.14 bits per heavy atom. The average molecular weight is 655 g/mol. The molecule has 0 radical (unpaired) electrons. The van der Waals surface area contributed by atoms with Gasteiger partial charge in [-0.05, 0) is 83.5 Å². The van der Waals surface area contributed by atoms with Crippen molar-refractivity contribution in [1.29, 1.82) is 0 Å². The Balaban J connectivity index is 0.000000235. The van der Waals surface area contributed by atoms with Gasteiger partial charge >= 0.3 is 19.5 Å². The molecule has 4 aromatic carbocycles. The lowest BCUT2D eigenvalue weighted by Gasteiger charge is -2.11. The molecule has 0 amide bonds. The molecule has 0 aliphatic heterocycles. The van der Waals surface area contributed by atoms with E-state index in [1.165, 1.54) is 19.1 Å². The molecule has 4 aromatic rings. The Bertz CT molecular complexity index is 1460. The minimum Gasteiger partial charge on any atom is -0.423 e. The molecule has 0 aliphatic rings. The molecule has 0 saturated carbocycles. The Morgan fingerprint density at radius 3 is 1.62 bits per heavy atom. The zero-order valence-electron chi connectivity index (χ0n) is 22.8. The molecule has 0 heterocycles. The van der Waals surface area contributed by atoms with Crippen molar-refractivity contribution in [3.8, 4) is 11.1 Å². The van der Waals surface area contributed by atoms with Crippen LogP contribution < -0.4 is 16.9 Å². The van der Waals surface area contributed by atoms with E-state index in [1.807, 2.05) is 36.4 Å². The molecule has 0 saturated heterocycles. The van der Waals surface area contributed by atoms with Gasteiger partial charge in [0.2, 0.25) is 0 Å². The summed E-state index contributed by atoms with van der Waals surface area (Å²) in [4.78, 5) is 0. The highest BCUT2D eigenvalue weighted by Gasteiger charge is 2.32. The van der Waals surface area contributed by atoms with Crippen LogP contribution in [0, 0.1) is 13.8 Å². The standard InChI is InChI=1S/C15H14F3N.C8H8BF3O2.C7H8BrN/c1-10-5-13(8-14(6-10)15(16,17)18)12-4-2-3-11(7-12)9-19;1-5-2-6(8(10,11)12)4-7(3-5)9(13)14;8-7-3-1-2-6(4-7)5-9/h2-8H,9,19H2,1H3;2-4,13-14H,1H3;1-4H,5,9H2. The van der Waals surface area contributed by atoms with Crippen LogP contribution in [0.15, 0.2) is 89.4 Å². The number of nitrogens with two attached hydrogens (primary N) is 2. The van der Waals surface area contributed by atoms with Gasteiger partial charge in [0.25, 0.3) is 0 Å². The van der Waals surface area contributed by atoms with Crippen LogP contribution in [0.2, 0.25) is 0 Å². The summed E-state index contributed by atoms with van der Waals surface area (Å²) >= 11 is 3.35. The number of hydrogen-bond donors (Lipinski definition) is 4. The predicted octanol–water partition coefficient (Wildman–Crippen LogP) is 6.74. The van der Waals surface area contributed by atoms with Crippen LogP contribution in [0.4, 0.5) is 26.3 Å². The number of halogens is 7. The van der Waals surface area contributed by atoms with Crippen molar-refractivity contribution in [1.82, 2.24) is 0 Å². The lowest BCUT2D eigenvalue weighted by Crippen LogP contribution is -2.31. The van der Waals surface area contributed by atoms with Gasteiger partial charge in [-0.3, -0.25) is 0 Å². The third-order valence-corrected chi connectivity index (χ3v) is 6.24. The van der Waals surface area contributed by atoms with E-state index in [9.17, 15) is 26.3 Å². The summed E-state index contributed by atoms with van der Waals surface area (Å²) in [5.41, 5.74) is 13.6. The molecule has 0 aliphatic carbocycles. The van der Waals surface area contributed by atoms with E-state index in [1.54, 1.807) is 25.1 Å². The monoisotopic (exact) mass is 654 g/mol. The molecular formula is C30H30BBrF6N2O2. The second-order valence-electron chi connectivity index (χ2n) is 9.33. The quantitative estimate of drug-likeness (QED) is 0.145. The van der Waals surface area contributed by atoms with Crippen molar-refractivity contribution in [2.24, 2.45) is 11.5 Å². The molecule has 12 heteroatoms. The molecule has 42 heavy (non-hydrogen) atoms. The van der Waals surface area contributed by atoms with Crippen LogP contribution in [0.1, 0.15) is 33.4 Å². The minimum absolute atomic E-state index is 0.155. The maximum atomic E-state index is 12.8. The topological polar surface area (TPSA) is 92.5 Å². The van der Waals surface area contributed by atoms with Gasteiger partial charge in [-0.1, -0.05) is 70.0 Å². The Kier molecular flexibility index (Phi) is 12.8. The van der Waals surface area contributed by atoms with Gasteiger partial charge in [0.15, 0.2) is 0 Å². The molecule has 0 aromatic heterocycles. The van der Waals surface area contributed by atoms with Crippen molar-refractivity contribution in [3.63, 3.8) is 0 Å². The number of rotatable bonds is 4.